The molecule has 0 spiro atoms. The molecule has 34 heavy (non-hydrogen) atoms. The van der Waals surface area contributed by atoms with Crippen molar-refractivity contribution in [1.82, 2.24) is 15.5 Å². The summed E-state index contributed by atoms with van der Waals surface area (Å²) in [6.07, 6.45) is 0.724. The second-order valence-electron chi connectivity index (χ2n) is 8.57. The van der Waals surface area contributed by atoms with E-state index in [4.69, 9.17) is 0 Å². The molecule has 1 aromatic heterocycles. The van der Waals surface area contributed by atoms with Gasteiger partial charge >= 0.3 is 6.03 Å². The van der Waals surface area contributed by atoms with Crippen LogP contribution in [0.2, 0.25) is 0 Å². The molecule has 0 aliphatic carbocycles. The van der Waals surface area contributed by atoms with E-state index in [2.05, 4.69) is 26.1 Å². The Balaban J connectivity index is 1.69. The zero-order valence-corrected chi connectivity index (χ0v) is 21.3. The van der Waals surface area contributed by atoms with Crippen LogP contribution < -0.4 is 20.9 Å². The lowest BCUT2D eigenvalue weighted by molar-refractivity contribution is -0.119. The number of hydrogen-bond acceptors (Lipinski definition) is 6. The van der Waals surface area contributed by atoms with Crippen molar-refractivity contribution in [2.45, 2.75) is 40.2 Å². The quantitative estimate of drug-likeness (QED) is 0.418. The molecule has 3 amide bonds. The van der Waals surface area contributed by atoms with Crippen molar-refractivity contribution in [1.29, 1.82) is 0 Å². The number of para-hydroxylation sites is 1. The first-order valence-electron chi connectivity index (χ1n) is 11.3. The zero-order valence-electron chi connectivity index (χ0n) is 20.5. The van der Waals surface area contributed by atoms with Gasteiger partial charge in [0.1, 0.15) is 11.0 Å². The topological polar surface area (TPSA) is 99.2 Å². The molecule has 3 aromatic rings. The van der Waals surface area contributed by atoms with E-state index < -0.39 is 12.1 Å². The van der Waals surface area contributed by atoms with Crippen LogP contribution in [0.4, 0.5) is 21.3 Å². The third-order valence-electron chi connectivity index (χ3n) is 5.79. The van der Waals surface area contributed by atoms with Gasteiger partial charge in [0.2, 0.25) is 11.0 Å². The Morgan fingerprint density at radius 3 is 2.24 bits per heavy atom. The molecule has 3 N–H and O–H groups in total. The number of hydrogen-bond donors (Lipinski definition) is 3. The van der Waals surface area contributed by atoms with Gasteiger partial charge < -0.3 is 15.5 Å². The van der Waals surface area contributed by atoms with E-state index in [0.29, 0.717) is 10.1 Å². The lowest BCUT2D eigenvalue weighted by atomic mass is 9.98. The average molecular weight is 481 g/mol. The Hall–Kier alpha value is -3.46. The van der Waals surface area contributed by atoms with Crippen molar-refractivity contribution in [2.24, 2.45) is 5.92 Å². The summed E-state index contributed by atoms with van der Waals surface area (Å²) >= 11 is 1.29. The maximum atomic E-state index is 13.1. The first-order valence-corrected chi connectivity index (χ1v) is 12.1. The molecule has 180 valence electrons. The fourth-order valence-corrected chi connectivity index (χ4v) is 4.23. The molecular weight excluding hydrogens is 448 g/mol. The van der Waals surface area contributed by atoms with Crippen molar-refractivity contribution >= 4 is 39.8 Å². The van der Waals surface area contributed by atoms with Crippen molar-refractivity contribution < 1.29 is 9.59 Å². The average Bonchev–Trinajstić information content (AvgIpc) is 3.28. The van der Waals surface area contributed by atoms with E-state index in [1.807, 2.05) is 89.2 Å². The predicted molar refractivity (Wildman–Crippen MR) is 140 cm³/mol. The number of nitrogens with one attached hydrogen (secondary N) is 3. The highest BCUT2D eigenvalue weighted by atomic mass is 32.1. The van der Waals surface area contributed by atoms with Crippen LogP contribution in [0.25, 0.3) is 10.6 Å². The predicted octanol–water partition coefficient (Wildman–Crippen LogP) is 5.06. The number of nitrogens with zero attached hydrogens (tertiary/aromatic N) is 3. The first kappa shape index (κ1) is 25.2. The summed E-state index contributed by atoms with van der Waals surface area (Å²) in [7, 11) is 3.97. The summed E-state index contributed by atoms with van der Waals surface area (Å²) < 4.78 is 0. The van der Waals surface area contributed by atoms with Gasteiger partial charge in [-0.1, -0.05) is 49.8 Å². The largest absolute Gasteiger partial charge is 0.378 e. The van der Waals surface area contributed by atoms with Crippen molar-refractivity contribution in [3.8, 4) is 10.6 Å². The molecule has 3 rings (SSSR count). The molecule has 2 aromatic carbocycles. The lowest BCUT2D eigenvalue weighted by Gasteiger charge is -2.23. The van der Waals surface area contributed by atoms with E-state index in [1.54, 1.807) is 0 Å². The molecule has 0 saturated carbocycles. The third-order valence-corrected chi connectivity index (χ3v) is 6.68. The van der Waals surface area contributed by atoms with Crippen molar-refractivity contribution in [3.05, 3.63) is 53.6 Å². The molecule has 1 heterocycles. The number of rotatable bonds is 8. The van der Waals surface area contributed by atoms with Crippen LogP contribution in [0.3, 0.4) is 0 Å². The van der Waals surface area contributed by atoms with Crippen LogP contribution in [0.15, 0.2) is 42.5 Å². The lowest BCUT2D eigenvalue weighted by Crippen LogP contribution is -2.49. The van der Waals surface area contributed by atoms with E-state index in [0.717, 1.165) is 34.5 Å². The molecular formula is C25H32N6O2S. The van der Waals surface area contributed by atoms with Gasteiger partial charge in [-0.2, -0.15) is 0 Å². The highest BCUT2D eigenvalue weighted by Gasteiger charge is 2.27. The second-order valence-corrected chi connectivity index (χ2v) is 9.55. The molecule has 0 aliphatic heterocycles. The number of aromatic nitrogens is 2. The van der Waals surface area contributed by atoms with Crippen LogP contribution in [0.1, 0.15) is 31.4 Å². The van der Waals surface area contributed by atoms with Gasteiger partial charge in [-0.15, -0.1) is 10.2 Å². The number of amides is 3. The summed E-state index contributed by atoms with van der Waals surface area (Å²) in [5.74, 6) is -0.397. The van der Waals surface area contributed by atoms with Crippen LogP contribution in [0, 0.1) is 19.8 Å². The normalized spacial score (nSPS) is 12.5. The van der Waals surface area contributed by atoms with Gasteiger partial charge in [0.25, 0.3) is 0 Å². The van der Waals surface area contributed by atoms with Gasteiger partial charge in [-0.05, 0) is 55.2 Å². The monoisotopic (exact) mass is 480 g/mol. The number of carbonyl (C=O) groups excluding carboxylic acids is 2. The molecule has 0 bridgehead atoms. The Kier molecular flexibility index (Phi) is 8.22. The van der Waals surface area contributed by atoms with Gasteiger partial charge in [-0.25, -0.2) is 4.79 Å². The number of aryl methyl sites for hydroxylation is 2. The van der Waals surface area contributed by atoms with Crippen molar-refractivity contribution in [3.63, 3.8) is 0 Å². The van der Waals surface area contributed by atoms with Crippen molar-refractivity contribution in [2.75, 3.05) is 29.6 Å². The van der Waals surface area contributed by atoms with Gasteiger partial charge in [0, 0.05) is 31.0 Å². The van der Waals surface area contributed by atoms with Gasteiger partial charge in [0.05, 0.1) is 0 Å². The Bertz CT molecular complexity index is 1120. The summed E-state index contributed by atoms with van der Waals surface area (Å²) in [6.45, 7) is 7.78. The number of benzene rings is 2. The molecule has 0 radical (unpaired) electrons. The highest BCUT2D eigenvalue weighted by Crippen LogP contribution is 2.28. The van der Waals surface area contributed by atoms with Gasteiger partial charge in [-0.3, -0.25) is 10.1 Å². The third kappa shape index (κ3) is 6.11. The Morgan fingerprint density at radius 1 is 1.00 bits per heavy atom. The SMILES string of the molecule is CCC(C)C(NC(=O)Nc1c(C)cccc1C)C(=O)Nc1nnc(-c2ccc(N(C)C)cc2)s1. The minimum Gasteiger partial charge on any atom is -0.378 e. The Labute approximate surface area is 204 Å². The smallest absolute Gasteiger partial charge is 0.319 e. The number of carbonyl (C=O) groups is 2. The summed E-state index contributed by atoms with van der Waals surface area (Å²) in [5.41, 5.74) is 4.67. The van der Waals surface area contributed by atoms with E-state index in [1.165, 1.54) is 11.3 Å². The fraction of sp³-hybridized carbons (Fsp3) is 0.360. The molecule has 2 atom stereocenters. The molecule has 0 aliphatic rings. The minimum absolute atomic E-state index is 0.0744. The van der Waals surface area contributed by atoms with E-state index in [9.17, 15) is 9.59 Å². The zero-order chi connectivity index (χ0) is 24.8. The van der Waals surface area contributed by atoms with Gasteiger partial charge in [0.15, 0.2) is 0 Å². The standard InChI is InChI=1S/C25H32N6O2S/c1-7-15(2)21(27-24(33)26-20-16(3)9-8-10-17(20)4)22(32)28-25-30-29-23(34-25)18-11-13-19(14-12-18)31(5)6/h8-15,21H,7H2,1-6H3,(H2,26,27,33)(H,28,30,32). The number of anilines is 3. The van der Waals surface area contributed by atoms with Crippen LogP contribution >= 0.6 is 11.3 Å². The molecule has 0 saturated heterocycles. The minimum atomic E-state index is -0.721. The first-order chi connectivity index (χ1) is 16.2. The maximum absolute atomic E-state index is 13.1. The molecule has 9 heteroatoms. The van der Waals surface area contributed by atoms with E-state index in [-0.39, 0.29) is 11.8 Å². The van der Waals surface area contributed by atoms with Crippen LogP contribution in [-0.4, -0.2) is 42.3 Å². The molecule has 8 nitrogen and oxygen atoms in total. The van der Waals surface area contributed by atoms with Crippen LogP contribution in [-0.2, 0) is 4.79 Å². The highest BCUT2D eigenvalue weighted by molar-refractivity contribution is 7.18. The molecule has 2 unspecified atom stereocenters. The maximum Gasteiger partial charge on any atom is 0.319 e. The Morgan fingerprint density at radius 2 is 1.65 bits per heavy atom. The summed E-state index contributed by atoms with van der Waals surface area (Å²) in [5, 5.41) is 18.0. The van der Waals surface area contributed by atoms with E-state index >= 15 is 0 Å². The second kappa shape index (κ2) is 11.1. The summed E-state index contributed by atoms with van der Waals surface area (Å²) in [6, 6.07) is 12.6. The fourth-order valence-electron chi connectivity index (χ4n) is 3.48. The molecule has 0 fully saturated rings. The summed E-state index contributed by atoms with van der Waals surface area (Å²) in [4.78, 5) is 27.8. The number of urea groups is 1. The van der Waals surface area contributed by atoms with Crippen LogP contribution in [0.5, 0.6) is 0 Å².